The van der Waals surface area contributed by atoms with E-state index in [0.29, 0.717) is 13.0 Å². The molecule has 3 unspecified atom stereocenters. The second kappa shape index (κ2) is 8.47. The second-order valence-electron chi connectivity index (χ2n) is 6.04. The highest BCUT2D eigenvalue weighted by Crippen LogP contribution is 2.27. The van der Waals surface area contributed by atoms with Gasteiger partial charge in [-0.25, -0.2) is 0 Å². The van der Waals surface area contributed by atoms with E-state index in [0.717, 1.165) is 5.56 Å². The molecule has 1 aromatic rings. The zero-order valence-corrected chi connectivity index (χ0v) is 13.9. The number of ether oxygens (including phenoxy) is 3. The first kappa shape index (κ1) is 18.0. The van der Waals surface area contributed by atoms with Crippen molar-refractivity contribution in [3.05, 3.63) is 35.9 Å². The molecule has 1 aliphatic rings. The Kier molecular flexibility index (Phi) is 6.35. The van der Waals surface area contributed by atoms with E-state index in [1.165, 1.54) is 6.92 Å². The highest BCUT2D eigenvalue weighted by atomic mass is 16.6. The molecule has 1 aromatic carbocycles. The average molecular weight is 334 g/mol. The van der Waals surface area contributed by atoms with Gasteiger partial charge in [0, 0.05) is 6.92 Å². The number of rotatable bonds is 8. The third-order valence-electron chi connectivity index (χ3n) is 4.10. The second-order valence-corrected chi connectivity index (χ2v) is 6.04. The first-order valence-electron chi connectivity index (χ1n) is 7.98. The Balaban J connectivity index is 1.93. The van der Waals surface area contributed by atoms with Gasteiger partial charge in [0.05, 0.1) is 11.8 Å². The SMILES string of the molecule is CC(=O)OCC(C(=O)OCc1ccccc1)C(C)CC1COC1=O. The van der Waals surface area contributed by atoms with Gasteiger partial charge >= 0.3 is 17.9 Å². The summed E-state index contributed by atoms with van der Waals surface area (Å²) in [5.41, 5.74) is 0.882. The Bertz CT molecular complexity index is 582. The molecular weight excluding hydrogens is 312 g/mol. The molecule has 3 atom stereocenters. The predicted octanol–water partition coefficient (Wildman–Crippen LogP) is 2.11. The highest BCUT2D eigenvalue weighted by molar-refractivity contribution is 5.77. The fourth-order valence-electron chi connectivity index (χ4n) is 2.55. The van der Waals surface area contributed by atoms with Crippen LogP contribution in [0.4, 0.5) is 0 Å². The average Bonchev–Trinajstić information content (AvgIpc) is 2.57. The van der Waals surface area contributed by atoms with Crippen molar-refractivity contribution in [2.24, 2.45) is 17.8 Å². The third-order valence-corrected chi connectivity index (χ3v) is 4.10. The van der Waals surface area contributed by atoms with Crippen LogP contribution in [0.15, 0.2) is 30.3 Å². The molecule has 1 aliphatic heterocycles. The Labute approximate surface area is 141 Å². The first-order chi connectivity index (χ1) is 11.5. The summed E-state index contributed by atoms with van der Waals surface area (Å²) >= 11 is 0. The molecule has 0 bridgehead atoms. The van der Waals surface area contributed by atoms with E-state index in [4.69, 9.17) is 14.2 Å². The van der Waals surface area contributed by atoms with Crippen molar-refractivity contribution < 1.29 is 28.6 Å². The van der Waals surface area contributed by atoms with Gasteiger partial charge in [-0.05, 0) is 17.9 Å². The standard InChI is InChI=1S/C18H22O6/c1-12(8-15-10-24-17(15)20)16(11-22-13(2)19)18(21)23-9-14-6-4-3-5-7-14/h3-7,12,15-16H,8-11H2,1-2H3. The molecule has 130 valence electrons. The smallest absolute Gasteiger partial charge is 0.313 e. The van der Waals surface area contributed by atoms with Crippen LogP contribution in [0.2, 0.25) is 0 Å². The molecule has 1 heterocycles. The fraction of sp³-hybridized carbons (Fsp3) is 0.500. The molecule has 0 saturated carbocycles. The van der Waals surface area contributed by atoms with Crippen molar-refractivity contribution in [1.82, 2.24) is 0 Å². The maximum absolute atomic E-state index is 12.4. The highest BCUT2D eigenvalue weighted by Gasteiger charge is 2.36. The Hall–Kier alpha value is -2.37. The van der Waals surface area contributed by atoms with Crippen LogP contribution < -0.4 is 0 Å². The third kappa shape index (κ3) is 5.08. The number of hydrogen-bond acceptors (Lipinski definition) is 6. The molecule has 1 fully saturated rings. The number of carbonyl (C=O) groups excluding carboxylic acids is 3. The van der Waals surface area contributed by atoms with Crippen LogP contribution in [-0.2, 0) is 35.2 Å². The summed E-state index contributed by atoms with van der Waals surface area (Å²) in [6.07, 6.45) is 0.505. The van der Waals surface area contributed by atoms with Gasteiger partial charge in [-0.2, -0.15) is 0 Å². The minimum absolute atomic E-state index is 0.0497. The maximum atomic E-state index is 12.4. The van der Waals surface area contributed by atoms with Crippen molar-refractivity contribution >= 4 is 17.9 Å². The number of carbonyl (C=O) groups is 3. The summed E-state index contributed by atoms with van der Waals surface area (Å²) in [6, 6.07) is 9.34. The summed E-state index contributed by atoms with van der Waals surface area (Å²) in [7, 11) is 0. The van der Waals surface area contributed by atoms with Crippen LogP contribution in [0.5, 0.6) is 0 Å². The molecule has 0 aliphatic carbocycles. The van der Waals surface area contributed by atoms with Gasteiger partial charge in [0.2, 0.25) is 0 Å². The topological polar surface area (TPSA) is 78.9 Å². The molecule has 0 aromatic heterocycles. The molecule has 6 nitrogen and oxygen atoms in total. The number of benzene rings is 1. The molecular formula is C18H22O6. The normalized spacial score (nSPS) is 18.8. The van der Waals surface area contributed by atoms with E-state index in [9.17, 15) is 14.4 Å². The summed E-state index contributed by atoms with van der Waals surface area (Å²) in [5.74, 6) is -2.09. The maximum Gasteiger partial charge on any atom is 0.313 e. The lowest BCUT2D eigenvalue weighted by Crippen LogP contribution is -2.38. The minimum Gasteiger partial charge on any atom is -0.465 e. The van der Waals surface area contributed by atoms with E-state index >= 15 is 0 Å². The quantitative estimate of drug-likeness (QED) is 0.535. The predicted molar refractivity (Wildman–Crippen MR) is 84.6 cm³/mol. The van der Waals surface area contributed by atoms with Gasteiger partial charge in [0.1, 0.15) is 19.8 Å². The van der Waals surface area contributed by atoms with Gasteiger partial charge in [-0.1, -0.05) is 37.3 Å². The number of esters is 3. The minimum atomic E-state index is -0.606. The lowest BCUT2D eigenvalue weighted by molar-refractivity contribution is -0.172. The zero-order chi connectivity index (χ0) is 17.5. The van der Waals surface area contributed by atoms with E-state index in [1.807, 2.05) is 37.3 Å². The molecule has 24 heavy (non-hydrogen) atoms. The van der Waals surface area contributed by atoms with Crippen molar-refractivity contribution in [3.63, 3.8) is 0 Å². The summed E-state index contributed by atoms with van der Waals surface area (Å²) < 4.78 is 15.1. The van der Waals surface area contributed by atoms with Crippen LogP contribution in [-0.4, -0.2) is 31.1 Å². The largest absolute Gasteiger partial charge is 0.465 e. The first-order valence-corrected chi connectivity index (χ1v) is 7.98. The van der Waals surface area contributed by atoms with Crippen molar-refractivity contribution in [2.45, 2.75) is 26.9 Å². The Morgan fingerprint density at radius 2 is 1.96 bits per heavy atom. The fourth-order valence-corrected chi connectivity index (χ4v) is 2.55. The van der Waals surface area contributed by atoms with E-state index < -0.39 is 17.9 Å². The van der Waals surface area contributed by atoms with Crippen molar-refractivity contribution in [1.29, 1.82) is 0 Å². The number of hydrogen-bond donors (Lipinski definition) is 0. The molecule has 0 N–H and O–H groups in total. The Morgan fingerprint density at radius 3 is 2.50 bits per heavy atom. The summed E-state index contributed by atoms with van der Waals surface area (Å²) in [5, 5.41) is 0. The molecule has 0 spiro atoms. The van der Waals surface area contributed by atoms with E-state index in [2.05, 4.69) is 0 Å². The summed E-state index contributed by atoms with van der Waals surface area (Å²) in [6.45, 7) is 3.63. The summed E-state index contributed by atoms with van der Waals surface area (Å²) in [4.78, 5) is 34.8. The lowest BCUT2D eigenvalue weighted by atomic mass is 9.85. The van der Waals surface area contributed by atoms with Gasteiger partial charge in [0.15, 0.2) is 0 Å². The molecule has 6 heteroatoms. The Morgan fingerprint density at radius 1 is 1.25 bits per heavy atom. The van der Waals surface area contributed by atoms with Crippen LogP contribution in [0.1, 0.15) is 25.8 Å². The van der Waals surface area contributed by atoms with Crippen LogP contribution in [0, 0.1) is 17.8 Å². The molecule has 2 rings (SSSR count). The van der Waals surface area contributed by atoms with Gasteiger partial charge in [-0.3, -0.25) is 14.4 Å². The van der Waals surface area contributed by atoms with Crippen molar-refractivity contribution in [3.8, 4) is 0 Å². The molecule has 1 saturated heterocycles. The van der Waals surface area contributed by atoms with Gasteiger partial charge in [-0.15, -0.1) is 0 Å². The van der Waals surface area contributed by atoms with Crippen LogP contribution >= 0.6 is 0 Å². The van der Waals surface area contributed by atoms with Crippen LogP contribution in [0.3, 0.4) is 0 Å². The zero-order valence-electron chi connectivity index (χ0n) is 13.9. The van der Waals surface area contributed by atoms with Crippen molar-refractivity contribution in [2.75, 3.05) is 13.2 Å². The van der Waals surface area contributed by atoms with Crippen LogP contribution in [0.25, 0.3) is 0 Å². The molecule has 0 radical (unpaired) electrons. The van der Waals surface area contributed by atoms with E-state index in [-0.39, 0.29) is 31.0 Å². The van der Waals surface area contributed by atoms with Gasteiger partial charge < -0.3 is 14.2 Å². The van der Waals surface area contributed by atoms with E-state index in [1.54, 1.807) is 0 Å². The molecule has 0 amide bonds. The number of cyclic esters (lactones) is 1. The lowest BCUT2D eigenvalue weighted by Gasteiger charge is -2.29. The van der Waals surface area contributed by atoms with Gasteiger partial charge in [0.25, 0.3) is 0 Å². The monoisotopic (exact) mass is 334 g/mol.